The number of para-hydroxylation sites is 2. The first-order valence-corrected chi connectivity index (χ1v) is 8.93. The smallest absolute Gasteiger partial charge is 0.340 e. The van der Waals surface area contributed by atoms with Gasteiger partial charge >= 0.3 is 5.97 Å². The molecule has 6 nitrogen and oxygen atoms in total. The molecule has 1 aromatic heterocycles. The van der Waals surface area contributed by atoms with Crippen molar-refractivity contribution >= 4 is 28.9 Å². The minimum Gasteiger partial charge on any atom is -0.462 e. The molecule has 0 saturated heterocycles. The third-order valence-corrected chi connectivity index (χ3v) is 4.10. The van der Waals surface area contributed by atoms with Crippen LogP contribution < -0.4 is 10.6 Å². The number of esters is 1. The third kappa shape index (κ3) is 4.54. The molecule has 1 heterocycles. The molecule has 2 N–H and O–H groups in total. The normalized spacial score (nSPS) is 10.2. The molecule has 0 fully saturated rings. The molecular weight excluding hydrogens is 354 g/mol. The minimum absolute atomic E-state index is 0.260. The van der Waals surface area contributed by atoms with Gasteiger partial charge in [0.25, 0.3) is 5.91 Å². The molecule has 28 heavy (non-hydrogen) atoms. The molecule has 3 rings (SSSR count). The Morgan fingerprint density at radius 3 is 2.46 bits per heavy atom. The molecule has 0 unspecified atom stereocenters. The average Bonchev–Trinajstić information content (AvgIpc) is 2.70. The Balaban J connectivity index is 1.80. The van der Waals surface area contributed by atoms with Gasteiger partial charge in [-0.3, -0.25) is 9.78 Å². The van der Waals surface area contributed by atoms with Gasteiger partial charge in [-0.1, -0.05) is 30.3 Å². The summed E-state index contributed by atoms with van der Waals surface area (Å²) in [6.45, 7) is 3.98. The van der Waals surface area contributed by atoms with E-state index in [1.54, 1.807) is 37.4 Å². The molecule has 0 aliphatic heterocycles. The summed E-state index contributed by atoms with van der Waals surface area (Å²) in [4.78, 5) is 28.8. The number of benzene rings is 2. The Morgan fingerprint density at radius 1 is 1.00 bits per heavy atom. The van der Waals surface area contributed by atoms with E-state index in [0.29, 0.717) is 29.1 Å². The number of pyridine rings is 1. The van der Waals surface area contributed by atoms with Gasteiger partial charge in [-0.05, 0) is 43.7 Å². The van der Waals surface area contributed by atoms with E-state index in [-0.39, 0.29) is 5.91 Å². The van der Waals surface area contributed by atoms with Crippen molar-refractivity contribution < 1.29 is 14.3 Å². The van der Waals surface area contributed by atoms with Crippen molar-refractivity contribution in [3.8, 4) is 0 Å². The molecule has 0 saturated carbocycles. The average molecular weight is 375 g/mol. The number of nitrogens with one attached hydrogen (secondary N) is 2. The number of hydrogen-bond acceptors (Lipinski definition) is 5. The second-order valence-corrected chi connectivity index (χ2v) is 6.12. The molecule has 0 spiro atoms. The van der Waals surface area contributed by atoms with Crippen LogP contribution in [0.3, 0.4) is 0 Å². The van der Waals surface area contributed by atoms with Crippen molar-refractivity contribution in [1.82, 2.24) is 4.98 Å². The van der Waals surface area contributed by atoms with E-state index in [9.17, 15) is 9.59 Å². The largest absolute Gasteiger partial charge is 0.462 e. The van der Waals surface area contributed by atoms with Crippen molar-refractivity contribution in [2.45, 2.75) is 13.8 Å². The lowest BCUT2D eigenvalue weighted by molar-refractivity contribution is 0.0527. The van der Waals surface area contributed by atoms with Crippen LogP contribution in [0.1, 0.15) is 33.2 Å². The molecule has 0 bridgehead atoms. The van der Waals surface area contributed by atoms with Gasteiger partial charge in [0.1, 0.15) is 0 Å². The van der Waals surface area contributed by atoms with Gasteiger partial charge < -0.3 is 15.4 Å². The lowest BCUT2D eigenvalue weighted by Gasteiger charge is -2.12. The number of hydrogen-bond donors (Lipinski definition) is 2. The lowest BCUT2D eigenvalue weighted by atomic mass is 10.1. The Labute approximate surface area is 163 Å². The van der Waals surface area contributed by atoms with E-state index in [0.717, 1.165) is 11.3 Å². The van der Waals surface area contributed by atoms with E-state index >= 15 is 0 Å². The first-order chi connectivity index (χ1) is 13.6. The maximum absolute atomic E-state index is 12.6. The lowest BCUT2D eigenvalue weighted by Crippen LogP contribution is -2.13. The van der Waals surface area contributed by atoms with E-state index < -0.39 is 5.97 Å². The van der Waals surface area contributed by atoms with Gasteiger partial charge in [-0.25, -0.2) is 4.79 Å². The van der Waals surface area contributed by atoms with Crippen LogP contribution in [0.2, 0.25) is 0 Å². The number of aromatic nitrogens is 1. The van der Waals surface area contributed by atoms with Gasteiger partial charge in [0, 0.05) is 11.9 Å². The summed E-state index contributed by atoms with van der Waals surface area (Å²) < 4.78 is 5.09. The molecule has 1 amide bonds. The Morgan fingerprint density at radius 2 is 1.71 bits per heavy atom. The van der Waals surface area contributed by atoms with Crippen LogP contribution in [0, 0.1) is 6.92 Å². The SMILES string of the molecule is CCOC(=O)c1ccccc1Nc1cncc(C(=O)Nc2ccccc2C)c1. The van der Waals surface area contributed by atoms with E-state index in [4.69, 9.17) is 4.74 Å². The second-order valence-electron chi connectivity index (χ2n) is 6.12. The maximum Gasteiger partial charge on any atom is 0.340 e. The molecule has 0 atom stereocenters. The quantitative estimate of drug-likeness (QED) is 0.617. The number of anilines is 3. The van der Waals surface area contributed by atoms with Crippen LogP contribution in [0.25, 0.3) is 0 Å². The van der Waals surface area contributed by atoms with Crippen LogP contribution in [0.5, 0.6) is 0 Å². The molecule has 0 aliphatic carbocycles. The molecule has 2 aromatic carbocycles. The first kappa shape index (κ1) is 19.1. The highest BCUT2D eigenvalue weighted by molar-refractivity contribution is 6.05. The summed E-state index contributed by atoms with van der Waals surface area (Å²) in [7, 11) is 0. The number of carbonyl (C=O) groups excluding carboxylic acids is 2. The Bertz CT molecular complexity index is 1000. The van der Waals surface area contributed by atoms with Crippen LogP contribution in [-0.4, -0.2) is 23.5 Å². The number of amides is 1. The number of ether oxygens (including phenoxy) is 1. The number of nitrogens with zero attached hydrogens (tertiary/aromatic N) is 1. The topological polar surface area (TPSA) is 80.3 Å². The third-order valence-electron chi connectivity index (χ3n) is 4.10. The standard InChI is InChI=1S/C22H21N3O3/c1-3-28-22(27)18-9-5-7-11-20(18)24-17-12-16(13-23-14-17)21(26)25-19-10-6-4-8-15(19)2/h4-14,24H,3H2,1-2H3,(H,25,26). The van der Waals surface area contributed by atoms with Gasteiger partial charge in [-0.15, -0.1) is 0 Å². The summed E-state index contributed by atoms with van der Waals surface area (Å²) in [5.41, 5.74) is 3.72. The minimum atomic E-state index is -0.410. The molecule has 142 valence electrons. The highest BCUT2D eigenvalue weighted by Gasteiger charge is 2.13. The van der Waals surface area contributed by atoms with Gasteiger partial charge in [0.05, 0.1) is 35.3 Å². The summed E-state index contributed by atoms with van der Waals surface area (Å²) >= 11 is 0. The summed E-state index contributed by atoms with van der Waals surface area (Å²) in [6, 6.07) is 16.3. The fraction of sp³-hybridized carbons (Fsp3) is 0.136. The molecule has 3 aromatic rings. The van der Waals surface area contributed by atoms with Crippen molar-refractivity contribution in [1.29, 1.82) is 0 Å². The number of carbonyl (C=O) groups is 2. The van der Waals surface area contributed by atoms with E-state index in [1.165, 1.54) is 6.20 Å². The zero-order chi connectivity index (χ0) is 19.9. The highest BCUT2D eigenvalue weighted by atomic mass is 16.5. The highest BCUT2D eigenvalue weighted by Crippen LogP contribution is 2.22. The molecular formula is C22H21N3O3. The van der Waals surface area contributed by atoms with Gasteiger partial charge in [0.15, 0.2) is 0 Å². The first-order valence-electron chi connectivity index (χ1n) is 8.93. The van der Waals surface area contributed by atoms with Crippen molar-refractivity contribution in [3.05, 3.63) is 83.7 Å². The Kier molecular flexibility index (Phi) is 6.01. The number of aryl methyl sites for hydroxylation is 1. The second kappa shape index (κ2) is 8.81. The van der Waals surface area contributed by atoms with Crippen molar-refractivity contribution in [3.63, 3.8) is 0 Å². The fourth-order valence-corrected chi connectivity index (χ4v) is 2.67. The summed E-state index contributed by atoms with van der Waals surface area (Å²) in [6.07, 6.45) is 3.09. The monoisotopic (exact) mass is 375 g/mol. The zero-order valence-electron chi connectivity index (χ0n) is 15.7. The van der Waals surface area contributed by atoms with Crippen LogP contribution in [-0.2, 0) is 4.74 Å². The molecule has 0 radical (unpaired) electrons. The maximum atomic E-state index is 12.6. The molecule has 6 heteroatoms. The van der Waals surface area contributed by atoms with Crippen LogP contribution in [0.15, 0.2) is 67.0 Å². The van der Waals surface area contributed by atoms with E-state index in [1.807, 2.05) is 37.3 Å². The van der Waals surface area contributed by atoms with Crippen LogP contribution in [0.4, 0.5) is 17.1 Å². The van der Waals surface area contributed by atoms with Crippen molar-refractivity contribution in [2.75, 3.05) is 17.2 Å². The van der Waals surface area contributed by atoms with Crippen LogP contribution >= 0.6 is 0 Å². The Hall–Kier alpha value is -3.67. The predicted octanol–water partition coefficient (Wildman–Crippen LogP) is 4.56. The van der Waals surface area contributed by atoms with Gasteiger partial charge in [-0.2, -0.15) is 0 Å². The molecule has 0 aliphatic rings. The van der Waals surface area contributed by atoms with Crippen molar-refractivity contribution in [2.24, 2.45) is 0 Å². The van der Waals surface area contributed by atoms with E-state index in [2.05, 4.69) is 15.6 Å². The summed E-state index contributed by atoms with van der Waals surface area (Å²) in [5, 5.41) is 6.02. The summed E-state index contributed by atoms with van der Waals surface area (Å²) in [5.74, 6) is -0.670. The predicted molar refractivity (Wildman–Crippen MR) is 109 cm³/mol. The number of rotatable bonds is 6. The zero-order valence-corrected chi connectivity index (χ0v) is 15.7. The fourth-order valence-electron chi connectivity index (χ4n) is 2.67. The van der Waals surface area contributed by atoms with Gasteiger partial charge in [0.2, 0.25) is 0 Å².